The summed E-state index contributed by atoms with van der Waals surface area (Å²) in [5, 5.41) is 0.0982. The average molecular weight is 310 g/mol. The van der Waals surface area contributed by atoms with E-state index in [1.807, 2.05) is 19.1 Å². The third kappa shape index (κ3) is 4.09. The Bertz CT molecular complexity index is 619. The van der Waals surface area contributed by atoms with Crippen molar-refractivity contribution >= 4 is 11.6 Å². The van der Waals surface area contributed by atoms with Crippen molar-refractivity contribution in [3.8, 4) is 11.5 Å². The highest BCUT2D eigenvalue weighted by Crippen LogP contribution is 2.29. The van der Waals surface area contributed by atoms with Crippen LogP contribution in [0.15, 0.2) is 36.4 Å². The fourth-order valence-electron chi connectivity index (χ4n) is 1.86. The van der Waals surface area contributed by atoms with Crippen molar-refractivity contribution in [2.75, 3.05) is 6.61 Å². The van der Waals surface area contributed by atoms with Crippen LogP contribution in [0.1, 0.15) is 18.1 Å². The number of benzene rings is 2. The molecule has 21 heavy (non-hydrogen) atoms. The summed E-state index contributed by atoms with van der Waals surface area (Å²) >= 11 is 5.65. The largest absolute Gasteiger partial charge is 0.490 e. The van der Waals surface area contributed by atoms with Crippen molar-refractivity contribution in [2.45, 2.75) is 20.1 Å². The molecule has 0 aliphatic heterocycles. The molecule has 0 amide bonds. The summed E-state index contributed by atoms with van der Waals surface area (Å²) in [4.78, 5) is 0. The maximum absolute atomic E-state index is 13.4. The van der Waals surface area contributed by atoms with Crippen molar-refractivity contribution in [2.24, 2.45) is 5.73 Å². The summed E-state index contributed by atoms with van der Waals surface area (Å²) in [5.41, 5.74) is 7.27. The summed E-state index contributed by atoms with van der Waals surface area (Å²) in [6, 6.07) is 10.1. The molecule has 112 valence electrons. The van der Waals surface area contributed by atoms with Gasteiger partial charge in [0.25, 0.3) is 0 Å². The fraction of sp³-hybridized carbons (Fsp3) is 0.250. The Hall–Kier alpha value is -1.78. The fourth-order valence-corrected chi connectivity index (χ4v) is 1.98. The molecule has 3 nitrogen and oxygen atoms in total. The quantitative estimate of drug-likeness (QED) is 0.879. The standard InChI is InChI=1S/C16H17ClFNO2/c1-2-20-16-8-11(9-19)4-6-15(16)21-10-12-3-5-13(17)14(18)7-12/h3-8H,2,9-10,19H2,1H3. The molecule has 0 atom stereocenters. The molecular formula is C16H17ClFNO2. The molecule has 2 rings (SSSR count). The molecule has 0 aromatic heterocycles. The van der Waals surface area contributed by atoms with Gasteiger partial charge in [0.1, 0.15) is 12.4 Å². The van der Waals surface area contributed by atoms with Crippen LogP contribution < -0.4 is 15.2 Å². The van der Waals surface area contributed by atoms with Gasteiger partial charge in [0, 0.05) is 6.54 Å². The Morgan fingerprint density at radius 2 is 1.81 bits per heavy atom. The summed E-state index contributed by atoms with van der Waals surface area (Å²) in [6.07, 6.45) is 0. The van der Waals surface area contributed by atoms with Gasteiger partial charge in [-0.2, -0.15) is 0 Å². The van der Waals surface area contributed by atoms with Crippen LogP contribution in [0.2, 0.25) is 5.02 Å². The summed E-state index contributed by atoms with van der Waals surface area (Å²) < 4.78 is 24.6. The minimum Gasteiger partial charge on any atom is -0.490 e. The van der Waals surface area contributed by atoms with Gasteiger partial charge in [-0.05, 0) is 42.3 Å². The van der Waals surface area contributed by atoms with Gasteiger partial charge in [0.05, 0.1) is 11.6 Å². The van der Waals surface area contributed by atoms with E-state index in [1.54, 1.807) is 12.1 Å². The van der Waals surface area contributed by atoms with Gasteiger partial charge < -0.3 is 15.2 Å². The van der Waals surface area contributed by atoms with E-state index in [9.17, 15) is 4.39 Å². The van der Waals surface area contributed by atoms with Gasteiger partial charge in [0.15, 0.2) is 11.5 Å². The Morgan fingerprint density at radius 3 is 2.48 bits per heavy atom. The second kappa shape index (κ2) is 7.29. The van der Waals surface area contributed by atoms with Crippen molar-refractivity contribution in [3.63, 3.8) is 0 Å². The molecule has 5 heteroatoms. The van der Waals surface area contributed by atoms with Crippen LogP contribution >= 0.6 is 11.6 Å². The lowest BCUT2D eigenvalue weighted by molar-refractivity contribution is 0.269. The number of hydrogen-bond acceptors (Lipinski definition) is 3. The SMILES string of the molecule is CCOc1cc(CN)ccc1OCc1ccc(Cl)c(F)c1. The lowest BCUT2D eigenvalue weighted by atomic mass is 10.2. The minimum absolute atomic E-state index is 0.0982. The zero-order chi connectivity index (χ0) is 15.2. The predicted molar refractivity (Wildman–Crippen MR) is 81.2 cm³/mol. The summed E-state index contributed by atoms with van der Waals surface area (Å²) in [7, 11) is 0. The average Bonchev–Trinajstić information content (AvgIpc) is 2.49. The first-order valence-electron chi connectivity index (χ1n) is 6.66. The molecule has 0 bridgehead atoms. The molecule has 0 heterocycles. The first kappa shape index (κ1) is 15.6. The molecule has 2 aromatic rings. The molecule has 2 aromatic carbocycles. The maximum Gasteiger partial charge on any atom is 0.161 e. The van der Waals surface area contributed by atoms with Crippen LogP contribution in [0.4, 0.5) is 4.39 Å². The van der Waals surface area contributed by atoms with Crippen molar-refractivity contribution in [1.82, 2.24) is 0 Å². The third-order valence-electron chi connectivity index (χ3n) is 2.92. The molecule has 0 radical (unpaired) electrons. The Morgan fingerprint density at radius 1 is 1.05 bits per heavy atom. The highest BCUT2D eigenvalue weighted by Gasteiger charge is 2.07. The van der Waals surface area contributed by atoms with Crippen LogP contribution in [0.5, 0.6) is 11.5 Å². The number of hydrogen-bond donors (Lipinski definition) is 1. The number of halogens is 2. The second-order valence-electron chi connectivity index (χ2n) is 4.46. The monoisotopic (exact) mass is 309 g/mol. The smallest absolute Gasteiger partial charge is 0.161 e. The number of rotatable bonds is 6. The highest BCUT2D eigenvalue weighted by molar-refractivity contribution is 6.30. The van der Waals surface area contributed by atoms with Gasteiger partial charge in [-0.25, -0.2) is 4.39 Å². The normalized spacial score (nSPS) is 10.5. The van der Waals surface area contributed by atoms with E-state index in [4.69, 9.17) is 26.8 Å². The van der Waals surface area contributed by atoms with Crippen LogP contribution in [-0.4, -0.2) is 6.61 Å². The van der Waals surface area contributed by atoms with Crippen LogP contribution in [0, 0.1) is 5.82 Å². The summed E-state index contributed by atoms with van der Waals surface area (Å²) in [5.74, 6) is 0.778. The molecular weight excluding hydrogens is 293 g/mol. The molecule has 0 spiro atoms. The van der Waals surface area contributed by atoms with Gasteiger partial charge in [-0.3, -0.25) is 0 Å². The summed E-state index contributed by atoms with van der Waals surface area (Å²) in [6.45, 7) is 3.09. The van der Waals surface area contributed by atoms with Gasteiger partial charge in [-0.1, -0.05) is 23.7 Å². The van der Waals surface area contributed by atoms with Crippen LogP contribution in [-0.2, 0) is 13.2 Å². The minimum atomic E-state index is -0.457. The van der Waals surface area contributed by atoms with E-state index in [2.05, 4.69) is 0 Å². The molecule has 2 N–H and O–H groups in total. The molecule has 0 fully saturated rings. The highest BCUT2D eigenvalue weighted by atomic mass is 35.5. The number of ether oxygens (including phenoxy) is 2. The van der Waals surface area contributed by atoms with Crippen LogP contribution in [0.25, 0.3) is 0 Å². The first-order chi connectivity index (χ1) is 10.1. The second-order valence-corrected chi connectivity index (χ2v) is 4.86. The lowest BCUT2D eigenvalue weighted by Gasteiger charge is -2.13. The maximum atomic E-state index is 13.4. The van der Waals surface area contributed by atoms with E-state index >= 15 is 0 Å². The van der Waals surface area contributed by atoms with E-state index in [0.717, 1.165) is 5.56 Å². The van der Waals surface area contributed by atoms with Crippen LogP contribution in [0.3, 0.4) is 0 Å². The van der Waals surface area contributed by atoms with E-state index in [0.29, 0.717) is 30.2 Å². The molecule has 0 aliphatic carbocycles. The van der Waals surface area contributed by atoms with E-state index < -0.39 is 5.82 Å². The molecule has 0 aliphatic rings. The van der Waals surface area contributed by atoms with E-state index in [-0.39, 0.29) is 11.6 Å². The molecule has 0 saturated heterocycles. The Kier molecular flexibility index (Phi) is 5.42. The topological polar surface area (TPSA) is 44.5 Å². The Balaban J connectivity index is 2.13. The van der Waals surface area contributed by atoms with Gasteiger partial charge in [0.2, 0.25) is 0 Å². The molecule has 0 unspecified atom stereocenters. The van der Waals surface area contributed by atoms with Gasteiger partial charge >= 0.3 is 0 Å². The first-order valence-corrected chi connectivity index (χ1v) is 7.04. The van der Waals surface area contributed by atoms with Crippen molar-refractivity contribution in [3.05, 3.63) is 58.4 Å². The van der Waals surface area contributed by atoms with E-state index in [1.165, 1.54) is 12.1 Å². The molecule has 0 saturated carbocycles. The number of nitrogens with two attached hydrogens (primary N) is 1. The predicted octanol–water partition coefficient (Wildman–Crippen LogP) is 3.92. The van der Waals surface area contributed by atoms with Gasteiger partial charge in [-0.15, -0.1) is 0 Å². The zero-order valence-electron chi connectivity index (χ0n) is 11.7. The van der Waals surface area contributed by atoms with Crippen molar-refractivity contribution in [1.29, 1.82) is 0 Å². The third-order valence-corrected chi connectivity index (χ3v) is 3.23. The lowest BCUT2D eigenvalue weighted by Crippen LogP contribution is -2.02. The zero-order valence-corrected chi connectivity index (χ0v) is 12.5. The Labute approximate surface area is 128 Å². The van der Waals surface area contributed by atoms with Crippen molar-refractivity contribution < 1.29 is 13.9 Å².